The number of ether oxygens (including phenoxy) is 1. The number of halogens is 1. The highest BCUT2D eigenvalue weighted by atomic mass is 19.1. The molecule has 1 aliphatic rings. The molecule has 196 valence electrons. The molecule has 2 N–H and O–H groups in total. The van der Waals surface area contributed by atoms with Crippen molar-refractivity contribution in [1.29, 1.82) is 0 Å². The molecule has 1 fully saturated rings. The second kappa shape index (κ2) is 10.5. The standard InChI is InChI=1S/C27H29FN8O2/c1-5-24(37)31-20-12-21(23(38-4)13-22(20)35(3)19-9-10-34(2)14-19)32-27-30-16-36-15-29-25(26(36)33-27)17-7-6-8-18(28)11-17/h5-8,11-13,15-16,19H,1,9-10,14H2,2-4H3,(H,31,37)(H,32,33). The number of carbonyl (C=O) groups is 1. The average Bonchev–Trinajstić information content (AvgIpc) is 3.54. The van der Waals surface area contributed by atoms with Crippen LogP contribution in [-0.4, -0.2) is 70.5 Å². The molecule has 1 unspecified atom stereocenters. The zero-order valence-corrected chi connectivity index (χ0v) is 21.5. The van der Waals surface area contributed by atoms with Gasteiger partial charge in [0.25, 0.3) is 0 Å². The summed E-state index contributed by atoms with van der Waals surface area (Å²) in [5.74, 6) is 0.158. The van der Waals surface area contributed by atoms with Gasteiger partial charge in [-0.05, 0) is 44.3 Å². The lowest BCUT2D eigenvalue weighted by molar-refractivity contribution is -0.111. The summed E-state index contributed by atoms with van der Waals surface area (Å²) < 4.78 is 21.2. The zero-order valence-electron chi connectivity index (χ0n) is 21.5. The van der Waals surface area contributed by atoms with Crippen LogP contribution < -0.4 is 20.3 Å². The molecule has 0 aliphatic carbocycles. The van der Waals surface area contributed by atoms with E-state index in [0.29, 0.717) is 34.0 Å². The fourth-order valence-electron chi connectivity index (χ4n) is 4.65. The molecule has 1 atom stereocenters. The van der Waals surface area contributed by atoms with Crippen molar-refractivity contribution in [2.24, 2.45) is 0 Å². The number of rotatable bonds is 8. The number of anilines is 4. The Bertz CT molecular complexity index is 1500. The van der Waals surface area contributed by atoms with Gasteiger partial charge in [0.15, 0.2) is 5.65 Å². The normalized spacial score (nSPS) is 15.4. The third-order valence-corrected chi connectivity index (χ3v) is 6.68. The molecular weight excluding hydrogens is 487 g/mol. The van der Waals surface area contributed by atoms with E-state index in [1.165, 1.54) is 18.2 Å². The van der Waals surface area contributed by atoms with Gasteiger partial charge in [0, 0.05) is 31.3 Å². The third-order valence-electron chi connectivity index (χ3n) is 6.68. The number of hydrogen-bond donors (Lipinski definition) is 2. The fourth-order valence-corrected chi connectivity index (χ4v) is 4.65. The van der Waals surface area contributed by atoms with Crippen molar-refractivity contribution in [1.82, 2.24) is 24.3 Å². The summed E-state index contributed by atoms with van der Waals surface area (Å²) >= 11 is 0. The third kappa shape index (κ3) is 5.00. The minimum atomic E-state index is -0.357. The molecule has 0 radical (unpaired) electrons. The molecule has 2 aromatic heterocycles. The van der Waals surface area contributed by atoms with Crippen LogP contribution >= 0.6 is 0 Å². The van der Waals surface area contributed by atoms with Crippen LogP contribution in [0.3, 0.4) is 0 Å². The molecule has 0 spiro atoms. The van der Waals surface area contributed by atoms with Crippen LogP contribution in [-0.2, 0) is 4.79 Å². The van der Waals surface area contributed by atoms with Gasteiger partial charge in [-0.2, -0.15) is 4.98 Å². The van der Waals surface area contributed by atoms with Crippen LogP contribution in [0.15, 0.2) is 61.7 Å². The van der Waals surface area contributed by atoms with E-state index in [4.69, 9.17) is 4.74 Å². The molecular formula is C27H29FN8O2. The van der Waals surface area contributed by atoms with Gasteiger partial charge >= 0.3 is 0 Å². The number of nitrogens with one attached hydrogen (secondary N) is 2. The predicted molar refractivity (Wildman–Crippen MR) is 146 cm³/mol. The van der Waals surface area contributed by atoms with E-state index in [1.807, 2.05) is 13.1 Å². The van der Waals surface area contributed by atoms with Crippen LogP contribution in [0.25, 0.3) is 16.9 Å². The van der Waals surface area contributed by atoms with Crippen molar-refractivity contribution in [2.75, 3.05) is 49.8 Å². The van der Waals surface area contributed by atoms with Crippen LogP contribution in [0.2, 0.25) is 0 Å². The van der Waals surface area contributed by atoms with Gasteiger partial charge in [-0.3, -0.25) is 9.20 Å². The minimum absolute atomic E-state index is 0.286. The van der Waals surface area contributed by atoms with Crippen molar-refractivity contribution in [2.45, 2.75) is 12.5 Å². The summed E-state index contributed by atoms with van der Waals surface area (Å²) in [6, 6.07) is 10.2. The highest BCUT2D eigenvalue weighted by Crippen LogP contribution is 2.39. The maximum Gasteiger partial charge on any atom is 0.247 e. The van der Waals surface area contributed by atoms with Gasteiger partial charge < -0.3 is 25.2 Å². The molecule has 11 heteroatoms. The lowest BCUT2D eigenvalue weighted by Gasteiger charge is -2.29. The maximum atomic E-state index is 13.8. The van der Waals surface area contributed by atoms with Crippen LogP contribution in [0, 0.1) is 5.82 Å². The summed E-state index contributed by atoms with van der Waals surface area (Å²) in [4.78, 5) is 30.1. The van der Waals surface area contributed by atoms with Crippen molar-refractivity contribution in [3.05, 3.63) is 67.5 Å². The number of aromatic nitrogens is 4. The number of hydrogen-bond acceptors (Lipinski definition) is 8. The molecule has 4 aromatic rings. The number of nitrogens with zero attached hydrogens (tertiary/aromatic N) is 6. The van der Waals surface area contributed by atoms with Crippen molar-refractivity contribution >= 4 is 34.6 Å². The van der Waals surface area contributed by atoms with E-state index in [9.17, 15) is 9.18 Å². The predicted octanol–water partition coefficient (Wildman–Crippen LogP) is 3.95. The Morgan fingerprint density at radius 1 is 1.24 bits per heavy atom. The second-order valence-corrected chi connectivity index (χ2v) is 9.22. The first-order valence-electron chi connectivity index (χ1n) is 12.2. The molecule has 1 aliphatic heterocycles. The zero-order chi connectivity index (χ0) is 26.8. The van der Waals surface area contributed by atoms with Crippen molar-refractivity contribution in [3.63, 3.8) is 0 Å². The van der Waals surface area contributed by atoms with Gasteiger partial charge in [-0.15, -0.1) is 0 Å². The smallest absolute Gasteiger partial charge is 0.247 e. The molecule has 10 nitrogen and oxygen atoms in total. The van der Waals surface area contributed by atoms with E-state index in [0.717, 1.165) is 25.2 Å². The van der Waals surface area contributed by atoms with E-state index in [-0.39, 0.29) is 23.7 Å². The number of imidazole rings is 1. The first-order chi connectivity index (χ1) is 18.4. The molecule has 0 saturated carbocycles. The fraction of sp³-hybridized carbons (Fsp3) is 0.259. The first kappa shape index (κ1) is 25.2. The summed E-state index contributed by atoms with van der Waals surface area (Å²) in [5, 5.41) is 6.12. The van der Waals surface area contributed by atoms with Crippen LogP contribution in [0.5, 0.6) is 5.75 Å². The van der Waals surface area contributed by atoms with Gasteiger partial charge in [-0.25, -0.2) is 14.4 Å². The Morgan fingerprint density at radius 3 is 2.76 bits per heavy atom. The number of methoxy groups -OCH3 is 1. The highest BCUT2D eigenvalue weighted by Gasteiger charge is 2.26. The number of amides is 1. The van der Waals surface area contributed by atoms with Crippen LogP contribution in [0.1, 0.15) is 6.42 Å². The number of likely N-dealkylation sites (N-methyl/N-ethyl adjacent to an activating group) is 2. The molecule has 5 rings (SSSR count). The lowest BCUT2D eigenvalue weighted by atomic mass is 10.1. The molecule has 3 heterocycles. The van der Waals surface area contributed by atoms with Crippen LogP contribution in [0.4, 0.5) is 27.4 Å². The Balaban J connectivity index is 1.52. The van der Waals surface area contributed by atoms with Gasteiger partial charge in [0.2, 0.25) is 11.9 Å². The topological polar surface area (TPSA) is 99.9 Å². The number of fused-ring (bicyclic) bond motifs is 1. The van der Waals surface area contributed by atoms with Gasteiger partial charge in [0.05, 0.1) is 24.2 Å². The minimum Gasteiger partial charge on any atom is -0.494 e. The monoisotopic (exact) mass is 516 g/mol. The average molecular weight is 517 g/mol. The van der Waals surface area contributed by atoms with E-state index in [2.05, 4.69) is 49.0 Å². The van der Waals surface area contributed by atoms with E-state index in [1.54, 1.807) is 42.4 Å². The number of benzene rings is 2. The SMILES string of the molecule is C=CC(=O)Nc1cc(Nc2ncn3cnc(-c4cccc(F)c4)c3n2)c(OC)cc1N(C)C1CCN(C)C1. The Morgan fingerprint density at radius 2 is 2.05 bits per heavy atom. The second-order valence-electron chi connectivity index (χ2n) is 9.22. The van der Waals surface area contributed by atoms with Gasteiger partial charge in [-0.1, -0.05) is 18.7 Å². The Labute approximate surface area is 219 Å². The summed E-state index contributed by atoms with van der Waals surface area (Å²) in [7, 11) is 5.69. The summed E-state index contributed by atoms with van der Waals surface area (Å²) in [6.45, 7) is 5.50. The summed E-state index contributed by atoms with van der Waals surface area (Å²) in [5.41, 5.74) is 3.62. The van der Waals surface area contributed by atoms with E-state index < -0.39 is 0 Å². The van der Waals surface area contributed by atoms with E-state index >= 15 is 0 Å². The number of likely N-dealkylation sites (tertiary alicyclic amines) is 1. The van der Waals surface area contributed by atoms with Gasteiger partial charge in [0.1, 0.15) is 29.9 Å². The quantitative estimate of drug-likeness (QED) is 0.340. The van der Waals surface area contributed by atoms with Crippen molar-refractivity contribution < 1.29 is 13.9 Å². The lowest BCUT2D eigenvalue weighted by Crippen LogP contribution is -2.34. The van der Waals surface area contributed by atoms with Crippen molar-refractivity contribution in [3.8, 4) is 17.0 Å². The molecule has 0 bridgehead atoms. The molecule has 1 saturated heterocycles. The molecule has 2 aromatic carbocycles. The Hall–Kier alpha value is -4.51. The maximum absolute atomic E-state index is 13.8. The highest BCUT2D eigenvalue weighted by molar-refractivity contribution is 6.02. The number of carbonyl (C=O) groups excluding carboxylic acids is 1. The Kier molecular flexibility index (Phi) is 6.93. The first-order valence-corrected chi connectivity index (χ1v) is 12.2. The molecule has 1 amide bonds. The molecule has 38 heavy (non-hydrogen) atoms. The summed E-state index contributed by atoms with van der Waals surface area (Å²) in [6.07, 6.45) is 5.39. The largest absolute Gasteiger partial charge is 0.494 e.